The lowest BCUT2D eigenvalue weighted by atomic mass is 10.1. The third-order valence-electron chi connectivity index (χ3n) is 7.36. The summed E-state index contributed by atoms with van der Waals surface area (Å²) in [6.07, 6.45) is 5.06. The van der Waals surface area contributed by atoms with Crippen molar-refractivity contribution in [2.24, 2.45) is 0 Å². The number of carbonyl (C=O) groups excluding carboxylic acids is 1. The molecule has 1 aliphatic rings. The molecule has 0 unspecified atom stereocenters. The van der Waals surface area contributed by atoms with Crippen LogP contribution in [-0.2, 0) is 9.53 Å². The van der Waals surface area contributed by atoms with E-state index >= 15 is 4.39 Å². The lowest BCUT2D eigenvalue weighted by Gasteiger charge is -2.10. The van der Waals surface area contributed by atoms with E-state index in [4.69, 9.17) is 9.84 Å². The van der Waals surface area contributed by atoms with E-state index in [1.807, 2.05) is 73.8 Å². The summed E-state index contributed by atoms with van der Waals surface area (Å²) in [5, 5.41) is 17.7. The predicted molar refractivity (Wildman–Crippen MR) is 167 cm³/mol. The normalized spacial score (nSPS) is 15.7. The number of para-hydroxylation sites is 2. The fourth-order valence-electron chi connectivity index (χ4n) is 5.08. The summed E-state index contributed by atoms with van der Waals surface area (Å²) in [5.41, 5.74) is 3.16. The topological polar surface area (TPSA) is 102 Å². The zero-order valence-corrected chi connectivity index (χ0v) is 24.7. The quantitative estimate of drug-likeness (QED) is 0.302. The number of carbonyl (C=O) groups is 1. The Labute approximate surface area is 256 Å². The minimum Gasteiger partial charge on any atom is -0.376 e. The molecule has 1 N–H and O–H groups in total. The van der Waals surface area contributed by atoms with Gasteiger partial charge in [-0.25, -0.2) is 9.07 Å². The number of aryl methyl sites for hydroxylation is 1. The van der Waals surface area contributed by atoms with Gasteiger partial charge in [0, 0.05) is 30.5 Å². The van der Waals surface area contributed by atoms with Crippen LogP contribution >= 0.6 is 11.3 Å². The van der Waals surface area contributed by atoms with Crippen LogP contribution in [0.2, 0.25) is 0 Å². The van der Waals surface area contributed by atoms with Crippen LogP contribution in [0.15, 0.2) is 89.9 Å². The molecule has 1 atom stereocenters. The molecule has 2 aromatic heterocycles. The number of nitriles is 1. The van der Waals surface area contributed by atoms with Crippen molar-refractivity contribution in [1.82, 2.24) is 19.7 Å². The number of rotatable bonds is 7. The molecular weight excluding hydrogens is 577 g/mol. The summed E-state index contributed by atoms with van der Waals surface area (Å²) in [6, 6.07) is 25.2. The Morgan fingerprint density at radius 2 is 1.89 bits per heavy atom. The fraction of sp³-hybridized carbons (Fsp3) is 0.176. The number of hydrogen-bond acceptors (Lipinski definition) is 6. The van der Waals surface area contributed by atoms with E-state index in [1.165, 1.54) is 18.2 Å². The minimum atomic E-state index is -0.658. The first-order valence-corrected chi connectivity index (χ1v) is 15.0. The molecule has 6 rings (SSSR count). The van der Waals surface area contributed by atoms with Gasteiger partial charge in [-0.15, -0.1) is 11.3 Å². The monoisotopic (exact) mass is 605 g/mol. The summed E-state index contributed by atoms with van der Waals surface area (Å²) < 4.78 is 23.8. The highest BCUT2D eigenvalue weighted by Gasteiger charge is 2.22. The van der Waals surface area contributed by atoms with Gasteiger partial charge in [0.15, 0.2) is 5.57 Å². The van der Waals surface area contributed by atoms with Gasteiger partial charge >= 0.3 is 0 Å². The van der Waals surface area contributed by atoms with Crippen molar-refractivity contribution in [3.8, 4) is 28.7 Å². The highest BCUT2D eigenvalue weighted by molar-refractivity contribution is 7.07. The predicted octanol–water partition coefficient (Wildman–Crippen LogP) is 4.00. The Bertz CT molecular complexity index is 2050. The number of halogens is 1. The maximum absolute atomic E-state index is 15.1. The van der Waals surface area contributed by atoms with E-state index in [0.717, 1.165) is 45.6 Å². The molecule has 3 aromatic carbocycles. The highest BCUT2D eigenvalue weighted by atomic mass is 32.1. The van der Waals surface area contributed by atoms with Crippen molar-refractivity contribution in [2.75, 3.05) is 13.2 Å². The largest absolute Gasteiger partial charge is 0.376 e. The smallest absolute Gasteiger partial charge is 0.273 e. The first-order valence-electron chi connectivity index (χ1n) is 14.2. The van der Waals surface area contributed by atoms with Crippen LogP contribution in [0.25, 0.3) is 34.3 Å². The molecule has 0 aliphatic carbocycles. The van der Waals surface area contributed by atoms with Gasteiger partial charge in [-0.3, -0.25) is 14.2 Å². The Morgan fingerprint density at radius 1 is 1.14 bits per heavy atom. The molecule has 3 heterocycles. The number of thiazole rings is 1. The highest BCUT2D eigenvalue weighted by Crippen LogP contribution is 2.25. The molecule has 8 nitrogen and oxygen atoms in total. The summed E-state index contributed by atoms with van der Waals surface area (Å²) in [4.78, 5) is 27.3. The van der Waals surface area contributed by atoms with Crippen molar-refractivity contribution < 1.29 is 13.9 Å². The first kappa shape index (κ1) is 29.0. The molecule has 220 valence electrons. The summed E-state index contributed by atoms with van der Waals surface area (Å²) in [7, 11) is 0. The molecule has 0 spiro atoms. The van der Waals surface area contributed by atoms with E-state index in [1.54, 1.807) is 16.8 Å². The van der Waals surface area contributed by atoms with Gasteiger partial charge in [0.25, 0.3) is 11.5 Å². The number of hydrogen-bond donors (Lipinski definition) is 1. The Morgan fingerprint density at radius 3 is 2.59 bits per heavy atom. The van der Waals surface area contributed by atoms with Crippen LogP contribution in [0.1, 0.15) is 24.0 Å². The van der Waals surface area contributed by atoms with E-state index in [0.29, 0.717) is 17.9 Å². The van der Waals surface area contributed by atoms with Crippen molar-refractivity contribution in [3.05, 3.63) is 122 Å². The van der Waals surface area contributed by atoms with E-state index < -0.39 is 17.3 Å². The van der Waals surface area contributed by atoms with Crippen LogP contribution in [0.5, 0.6) is 0 Å². The molecule has 10 heteroatoms. The van der Waals surface area contributed by atoms with E-state index in [2.05, 4.69) is 5.32 Å². The molecule has 1 aliphatic heterocycles. The zero-order valence-electron chi connectivity index (χ0n) is 23.9. The number of ether oxygens (including phenoxy) is 1. The van der Waals surface area contributed by atoms with Crippen LogP contribution < -0.4 is 20.1 Å². The molecular formula is C34H28FN5O3S. The fourth-order valence-corrected chi connectivity index (χ4v) is 6.17. The van der Waals surface area contributed by atoms with Gasteiger partial charge in [-0.1, -0.05) is 60.2 Å². The molecule has 0 bridgehead atoms. The number of nitrogens with zero attached hydrogens (tertiary/aromatic N) is 4. The molecule has 0 saturated carbocycles. The second kappa shape index (κ2) is 12.6. The van der Waals surface area contributed by atoms with Crippen LogP contribution in [0, 0.1) is 24.1 Å². The SMILES string of the molecule is Cc1ccc(-c2nn(-c3ccccc3)cc2/C=c2\s/c(=C(/C#N)C(=O)NC[C@H]3CCCO3)n(-c3ccccc3F)c2=O)cc1. The Kier molecular flexibility index (Phi) is 8.32. The van der Waals surface area contributed by atoms with Crippen molar-refractivity contribution >= 4 is 28.9 Å². The van der Waals surface area contributed by atoms with E-state index in [-0.39, 0.29) is 33.1 Å². The van der Waals surface area contributed by atoms with Crippen molar-refractivity contribution in [1.29, 1.82) is 5.26 Å². The average molecular weight is 606 g/mol. The van der Waals surface area contributed by atoms with Gasteiger partial charge in [0.2, 0.25) is 0 Å². The Hall–Kier alpha value is -5.11. The second-order valence-corrected chi connectivity index (χ2v) is 11.4. The van der Waals surface area contributed by atoms with E-state index in [9.17, 15) is 14.9 Å². The third kappa shape index (κ3) is 5.88. The molecule has 5 aromatic rings. The molecule has 1 amide bonds. The average Bonchev–Trinajstić information content (AvgIpc) is 3.78. The number of aromatic nitrogens is 3. The summed E-state index contributed by atoms with van der Waals surface area (Å²) >= 11 is 0.955. The molecule has 0 radical (unpaired) electrons. The number of nitrogens with one attached hydrogen (secondary N) is 1. The third-order valence-corrected chi connectivity index (χ3v) is 8.45. The van der Waals surface area contributed by atoms with Crippen LogP contribution in [0.4, 0.5) is 4.39 Å². The lowest BCUT2D eigenvalue weighted by molar-refractivity contribution is -0.116. The van der Waals surface area contributed by atoms with Gasteiger partial charge in [0.1, 0.15) is 16.5 Å². The molecule has 1 fully saturated rings. The van der Waals surface area contributed by atoms with Gasteiger partial charge in [-0.05, 0) is 50.1 Å². The van der Waals surface area contributed by atoms with Crippen molar-refractivity contribution in [3.63, 3.8) is 0 Å². The molecule has 1 saturated heterocycles. The number of amides is 1. The van der Waals surface area contributed by atoms with Crippen LogP contribution in [0.3, 0.4) is 0 Å². The van der Waals surface area contributed by atoms with Crippen molar-refractivity contribution in [2.45, 2.75) is 25.9 Å². The summed E-state index contributed by atoms with van der Waals surface area (Å²) in [6.45, 7) is 2.85. The number of benzene rings is 3. The second-order valence-electron chi connectivity index (χ2n) is 10.4. The van der Waals surface area contributed by atoms with Crippen LogP contribution in [-0.4, -0.2) is 39.5 Å². The zero-order chi connectivity index (χ0) is 30.6. The lowest BCUT2D eigenvalue weighted by Crippen LogP contribution is -2.36. The maximum atomic E-state index is 15.1. The Balaban J connectivity index is 1.56. The standard InChI is InChI=1S/C34H28FN5O3S/c1-22-13-15-23(16-14-22)31-24(21-39(38-31)25-8-3-2-4-9-25)18-30-33(42)40(29-12-6-5-11-28(29)35)34(44-30)27(19-36)32(41)37-20-26-10-7-17-43-26/h2-6,8-9,11-16,18,21,26H,7,10,17,20H2,1H3,(H,37,41)/b30-18-,34-27-/t26-/m1/s1. The van der Waals surface area contributed by atoms with Gasteiger partial charge < -0.3 is 10.1 Å². The van der Waals surface area contributed by atoms with Gasteiger partial charge in [-0.2, -0.15) is 10.4 Å². The molecule has 44 heavy (non-hydrogen) atoms. The first-order chi connectivity index (χ1) is 21.4. The van der Waals surface area contributed by atoms with Gasteiger partial charge in [0.05, 0.1) is 27.7 Å². The maximum Gasteiger partial charge on any atom is 0.273 e. The minimum absolute atomic E-state index is 0.0334. The summed E-state index contributed by atoms with van der Waals surface area (Å²) in [5.74, 6) is -1.31.